The molecular formula is C22H26N2O4. The van der Waals surface area contributed by atoms with Gasteiger partial charge in [0.1, 0.15) is 5.75 Å². The first-order chi connectivity index (χ1) is 13.5. The number of carbonyl (C=O) groups excluding carboxylic acids is 2. The maximum Gasteiger partial charge on any atom is 0.262 e. The van der Waals surface area contributed by atoms with E-state index in [2.05, 4.69) is 11.4 Å². The third-order valence-corrected chi connectivity index (χ3v) is 4.52. The number of hydrogen-bond donors (Lipinski definition) is 1. The topological polar surface area (TPSA) is 67.9 Å². The van der Waals surface area contributed by atoms with Crippen LogP contribution in [0.15, 0.2) is 42.5 Å². The number of rotatable bonds is 6. The maximum absolute atomic E-state index is 12.3. The summed E-state index contributed by atoms with van der Waals surface area (Å²) in [5.41, 5.74) is 3.79. The number of morpholine rings is 1. The number of anilines is 1. The lowest BCUT2D eigenvalue weighted by Crippen LogP contribution is -2.41. The highest BCUT2D eigenvalue weighted by molar-refractivity contribution is 5.92. The lowest BCUT2D eigenvalue weighted by atomic mass is 10.1. The van der Waals surface area contributed by atoms with Crippen LogP contribution in [0.2, 0.25) is 0 Å². The van der Waals surface area contributed by atoms with Gasteiger partial charge in [0.2, 0.25) is 5.91 Å². The molecule has 0 radical (unpaired) electrons. The Balaban J connectivity index is 1.47. The number of amides is 2. The van der Waals surface area contributed by atoms with Crippen LogP contribution in [-0.4, -0.2) is 49.6 Å². The van der Waals surface area contributed by atoms with Crippen molar-refractivity contribution in [2.24, 2.45) is 0 Å². The van der Waals surface area contributed by atoms with Crippen molar-refractivity contribution in [1.82, 2.24) is 4.90 Å². The SMILES string of the molecule is Cc1cc(C)cc(OCC(=O)Nc2ccc(CC(=O)N3CCOCC3)cc2)c1. The molecule has 6 nitrogen and oxygen atoms in total. The summed E-state index contributed by atoms with van der Waals surface area (Å²) in [6, 6.07) is 13.2. The molecule has 1 N–H and O–H groups in total. The van der Waals surface area contributed by atoms with Gasteiger partial charge in [-0.05, 0) is 54.8 Å². The fourth-order valence-corrected chi connectivity index (χ4v) is 3.17. The van der Waals surface area contributed by atoms with Gasteiger partial charge in [0.05, 0.1) is 19.6 Å². The molecule has 1 heterocycles. The van der Waals surface area contributed by atoms with E-state index >= 15 is 0 Å². The summed E-state index contributed by atoms with van der Waals surface area (Å²) in [4.78, 5) is 26.2. The van der Waals surface area contributed by atoms with Gasteiger partial charge in [0.15, 0.2) is 6.61 Å². The lowest BCUT2D eigenvalue weighted by Gasteiger charge is -2.26. The third-order valence-electron chi connectivity index (χ3n) is 4.52. The van der Waals surface area contributed by atoms with Crippen LogP contribution >= 0.6 is 0 Å². The summed E-state index contributed by atoms with van der Waals surface area (Å²) in [6.07, 6.45) is 0.351. The maximum atomic E-state index is 12.3. The zero-order valence-corrected chi connectivity index (χ0v) is 16.4. The molecule has 2 amide bonds. The molecule has 0 saturated carbocycles. The van der Waals surface area contributed by atoms with Gasteiger partial charge >= 0.3 is 0 Å². The number of carbonyl (C=O) groups is 2. The molecule has 0 aliphatic carbocycles. The van der Waals surface area contributed by atoms with Gasteiger partial charge < -0.3 is 19.7 Å². The number of benzene rings is 2. The molecule has 0 unspecified atom stereocenters. The van der Waals surface area contributed by atoms with Crippen molar-refractivity contribution in [2.75, 3.05) is 38.2 Å². The zero-order valence-electron chi connectivity index (χ0n) is 16.4. The first kappa shape index (κ1) is 19.9. The first-order valence-electron chi connectivity index (χ1n) is 9.45. The van der Waals surface area contributed by atoms with Crippen molar-refractivity contribution < 1.29 is 19.1 Å². The molecule has 2 aromatic rings. The Kier molecular flexibility index (Phi) is 6.66. The number of hydrogen-bond acceptors (Lipinski definition) is 4. The predicted molar refractivity (Wildman–Crippen MR) is 108 cm³/mol. The normalized spacial score (nSPS) is 13.9. The van der Waals surface area contributed by atoms with Gasteiger partial charge in [-0.15, -0.1) is 0 Å². The van der Waals surface area contributed by atoms with E-state index < -0.39 is 0 Å². The second-order valence-corrected chi connectivity index (χ2v) is 7.03. The largest absolute Gasteiger partial charge is 0.484 e. The van der Waals surface area contributed by atoms with Gasteiger partial charge in [-0.1, -0.05) is 18.2 Å². The molecule has 28 heavy (non-hydrogen) atoms. The van der Waals surface area contributed by atoms with Gasteiger partial charge in [-0.3, -0.25) is 9.59 Å². The van der Waals surface area contributed by atoms with Crippen molar-refractivity contribution in [3.8, 4) is 5.75 Å². The van der Waals surface area contributed by atoms with Gasteiger partial charge in [-0.25, -0.2) is 0 Å². The van der Waals surface area contributed by atoms with Gasteiger partial charge in [-0.2, -0.15) is 0 Å². The summed E-state index contributed by atoms with van der Waals surface area (Å²) in [6.45, 7) is 6.42. The van der Waals surface area contributed by atoms with E-state index in [1.165, 1.54) is 0 Å². The molecule has 0 bridgehead atoms. The molecule has 3 rings (SSSR count). The van der Waals surface area contributed by atoms with E-state index in [0.29, 0.717) is 44.2 Å². The summed E-state index contributed by atoms with van der Waals surface area (Å²) >= 11 is 0. The van der Waals surface area contributed by atoms with Crippen molar-refractivity contribution in [3.63, 3.8) is 0 Å². The van der Waals surface area contributed by atoms with Crippen molar-refractivity contribution >= 4 is 17.5 Å². The molecule has 0 spiro atoms. The molecule has 0 atom stereocenters. The first-order valence-corrected chi connectivity index (χ1v) is 9.45. The van der Waals surface area contributed by atoms with Crippen LogP contribution in [0.4, 0.5) is 5.69 Å². The minimum Gasteiger partial charge on any atom is -0.484 e. The molecule has 1 saturated heterocycles. The Morgan fingerprint density at radius 2 is 1.68 bits per heavy atom. The minimum atomic E-state index is -0.226. The predicted octanol–water partition coefficient (Wildman–Crippen LogP) is 2.72. The summed E-state index contributed by atoms with van der Waals surface area (Å²) in [5.74, 6) is 0.558. The van der Waals surface area contributed by atoms with Crippen molar-refractivity contribution in [2.45, 2.75) is 20.3 Å². The zero-order chi connectivity index (χ0) is 19.9. The highest BCUT2D eigenvalue weighted by Gasteiger charge is 2.16. The van der Waals surface area contributed by atoms with Crippen LogP contribution in [0, 0.1) is 13.8 Å². The fourth-order valence-electron chi connectivity index (χ4n) is 3.17. The number of ether oxygens (including phenoxy) is 2. The van der Waals surface area contributed by atoms with Crippen molar-refractivity contribution in [3.05, 3.63) is 59.2 Å². The Labute approximate surface area is 165 Å². The highest BCUT2D eigenvalue weighted by atomic mass is 16.5. The molecular weight excluding hydrogens is 356 g/mol. The van der Waals surface area contributed by atoms with E-state index in [0.717, 1.165) is 16.7 Å². The number of aryl methyl sites for hydroxylation is 2. The van der Waals surface area contributed by atoms with E-state index in [4.69, 9.17) is 9.47 Å². The molecule has 1 aliphatic rings. The molecule has 0 aromatic heterocycles. The van der Waals surface area contributed by atoms with Gasteiger partial charge in [0.25, 0.3) is 5.91 Å². The smallest absolute Gasteiger partial charge is 0.262 e. The monoisotopic (exact) mass is 382 g/mol. The van der Waals surface area contributed by atoms with Crippen LogP contribution in [0.1, 0.15) is 16.7 Å². The fraction of sp³-hybridized carbons (Fsp3) is 0.364. The van der Waals surface area contributed by atoms with Gasteiger partial charge in [0, 0.05) is 18.8 Å². The van der Waals surface area contributed by atoms with Crippen molar-refractivity contribution in [1.29, 1.82) is 0 Å². The average molecular weight is 382 g/mol. The molecule has 1 aliphatic heterocycles. The number of nitrogens with one attached hydrogen (secondary N) is 1. The molecule has 2 aromatic carbocycles. The van der Waals surface area contributed by atoms with Crippen LogP contribution < -0.4 is 10.1 Å². The van der Waals surface area contributed by atoms with Crippen LogP contribution in [-0.2, 0) is 20.7 Å². The summed E-state index contributed by atoms with van der Waals surface area (Å²) in [5, 5.41) is 2.81. The molecule has 6 heteroatoms. The lowest BCUT2D eigenvalue weighted by molar-refractivity contribution is -0.134. The highest BCUT2D eigenvalue weighted by Crippen LogP contribution is 2.16. The Morgan fingerprint density at radius 1 is 1.04 bits per heavy atom. The third kappa shape index (κ3) is 5.82. The average Bonchev–Trinajstić information content (AvgIpc) is 2.68. The summed E-state index contributed by atoms with van der Waals surface area (Å²) in [7, 11) is 0. The van der Waals surface area contributed by atoms with Crippen LogP contribution in [0.3, 0.4) is 0 Å². The molecule has 1 fully saturated rings. The van der Waals surface area contributed by atoms with E-state index in [1.54, 1.807) is 12.1 Å². The second kappa shape index (κ2) is 9.37. The second-order valence-electron chi connectivity index (χ2n) is 7.03. The Hall–Kier alpha value is -2.86. The molecule has 148 valence electrons. The van der Waals surface area contributed by atoms with E-state index in [1.807, 2.05) is 43.0 Å². The Morgan fingerprint density at radius 3 is 2.32 bits per heavy atom. The Bertz CT molecular complexity index is 807. The minimum absolute atomic E-state index is 0.0554. The quantitative estimate of drug-likeness (QED) is 0.834. The van der Waals surface area contributed by atoms with Crippen LogP contribution in [0.5, 0.6) is 5.75 Å². The van der Waals surface area contributed by atoms with Crippen LogP contribution in [0.25, 0.3) is 0 Å². The van der Waals surface area contributed by atoms with E-state index in [9.17, 15) is 9.59 Å². The summed E-state index contributed by atoms with van der Waals surface area (Å²) < 4.78 is 10.8. The number of nitrogens with zero attached hydrogens (tertiary/aromatic N) is 1. The standard InChI is InChI=1S/C22H26N2O4/c1-16-11-17(2)13-20(12-16)28-15-21(25)23-19-5-3-18(4-6-19)14-22(26)24-7-9-27-10-8-24/h3-6,11-13H,7-10,14-15H2,1-2H3,(H,23,25). The van der Waals surface area contributed by atoms with E-state index in [-0.39, 0.29) is 18.4 Å².